The van der Waals surface area contributed by atoms with Crippen molar-refractivity contribution in [2.75, 3.05) is 6.54 Å². The molecule has 0 aliphatic carbocycles. The van der Waals surface area contributed by atoms with E-state index in [2.05, 4.69) is 5.16 Å². The molecule has 1 saturated heterocycles. The number of amidine groups is 1. The highest BCUT2D eigenvalue weighted by atomic mass is 32.2. The summed E-state index contributed by atoms with van der Waals surface area (Å²) in [6.45, 7) is 4.59. The number of piperidine rings is 1. The first kappa shape index (κ1) is 28.8. The van der Waals surface area contributed by atoms with Crippen molar-refractivity contribution in [2.24, 2.45) is 10.9 Å². The van der Waals surface area contributed by atoms with E-state index < -0.39 is 49.3 Å². The van der Waals surface area contributed by atoms with Crippen LogP contribution in [0.4, 0.5) is 10.5 Å². The second kappa shape index (κ2) is 11.8. The predicted molar refractivity (Wildman–Crippen MR) is 137 cm³/mol. The number of para-hydroxylation sites is 1. The molecule has 38 heavy (non-hydrogen) atoms. The summed E-state index contributed by atoms with van der Waals surface area (Å²) >= 11 is 0. The molecule has 14 heteroatoms. The molecule has 1 aliphatic heterocycles. The zero-order chi connectivity index (χ0) is 28.1. The van der Waals surface area contributed by atoms with E-state index in [1.54, 1.807) is 51.1 Å². The number of hydrogen-bond donors (Lipinski definition) is 2. The standard InChI is InChI=1S/C24H31N5O8S/c1-24(2,3)37-23(30)27-15-18(13-14-20(27)22(25)26-31)29(36-16-17-9-5-4-6-10-17)38(34,35)21-12-8-7-11-19(21)28(32)33/h4-12,18,20,31H,13-16H2,1-3H3,(H2,25,26). The van der Waals surface area contributed by atoms with Gasteiger partial charge in [-0.15, -0.1) is 0 Å². The topological polar surface area (TPSA) is 178 Å². The molecule has 3 rings (SSSR count). The number of carbonyl (C=O) groups excluding carboxylic acids is 1. The highest BCUT2D eigenvalue weighted by molar-refractivity contribution is 7.89. The number of nitro benzene ring substituents is 1. The number of amides is 1. The predicted octanol–water partition coefficient (Wildman–Crippen LogP) is 3.23. The molecule has 0 aromatic heterocycles. The van der Waals surface area contributed by atoms with E-state index in [4.69, 9.17) is 15.3 Å². The number of ether oxygens (including phenoxy) is 1. The van der Waals surface area contributed by atoms with Crippen LogP contribution in [-0.2, 0) is 26.2 Å². The van der Waals surface area contributed by atoms with E-state index in [9.17, 15) is 28.5 Å². The van der Waals surface area contributed by atoms with Crippen LogP contribution in [0, 0.1) is 10.1 Å². The summed E-state index contributed by atoms with van der Waals surface area (Å²) in [4.78, 5) is 30.3. The van der Waals surface area contributed by atoms with Gasteiger partial charge in [0.15, 0.2) is 10.7 Å². The van der Waals surface area contributed by atoms with Gasteiger partial charge in [-0.1, -0.05) is 52.1 Å². The second-order valence-corrected chi connectivity index (χ2v) is 11.4. The molecule has 2 aromatic carbocycles. The van der Waals surface area contributed by atoms with Gasteiger partial charge in [-0.3, -0.25) is 19.9 Å². The molecular weight excluding hydrogens is 518 g/mol. The summed E-state index contributed by atoms with van der Waals surface area (Å²) in [6.07, 6.45) is -0.559. The molecule has 0 spiro atoms. The van der Waals surface area contributed by atoms with Crippen LogP contribution >= 0.6 is 0 Å². The third-order valence-electron chi connectivity index (χ3n) is 5.72. The molecular formula is C24H31N5O8S. The Balaban J connectivity index is 2.03. The summed E-state index contributed by atoms with van der Waals surface area (Å²) < 4.78 is 33.8. The number of nitro groups is 1. The minimum absolute atomic E-state index is 0.109. The third kappa shape index (κ3) is 6.76. The maximum Gasteiger partial charge on any atom is 0.410 e. The Hall–Kier alpha value is -3.75. The summed E-state index contributed by atoms with van der Waals surface area (Å²) in [5.41, 5.74) is 5.00. The van der Waals surface area contributed by atoms with E-state index in [-0.39, 0.29) is 31.8 Å². The van der Waals surface area contributed by atoms with Gasteiger partial charge in [0.1, 0.15) is 5.60 Å². The van der Waals surface area contributed by atoms with Crippen LogP contribution in [0.2, 0.25) is 0 Å². The smallest absolute Gasteiger partial charge is 0.410 e. The number of sulfonamides is 1. The first-order valence-electron chi connectivity index (χ1n) is 11.8. The highest BCUT2D eigenvalue weighted by Crippen LogP contribution is 2.32. The Morgan fingerprint density at radius 1 is 1.18 bits per heavy atom. The average Bonchev–Trinajstić information content (AvgIpc) is 2.87. The number of nitrogens with zero attached hydrogens (tertiary/aromatic N) is 4. The molecule has 2 atom stereocenters. The van der Waals surface area contributed by atoms with Gasteiger partial charge in [0.2, 0.25) is 0 Å². The van der Waals surface area contributed by atoms with Gasteiger partial charge in [0.05, 0.1) is 23.6 Å². The molecule has 0 saturated carbocycles. The number of hydrogen-bond acceptors (Lipinski definition) is 9. The minimum atomic E-state index is -4.59. The van der Waals surface area contributed by atoms with Crippen LogP contribution in [0.3, 0.4) is 0 Å². The van der Waals surface area contributed by atoms with Crippen molar-refractivity contribution in [3.8, 4) is 0 Å². The van der Waals surface area contributed by atoms with Crippen LogP contribution in [0.15, 0.2) is 64.6 Å². The number of hydroxylamine groups is 1. The maximum absolute atomic E-state index is 13.8. The first-order valence-corrected chi connectivity index (χ1v) is 13.2. The number of rotatable bonds is 8. The minimum Gasteiger partial charge on any atom is -0.444 e. The summed E-state index contributed by atoms with van der Waals surface area (Å²) in [7, 11) is -4.59. The van der Waals surface area contributed by atoms with Gasteiger partial charge < -0.3 is 15.7 Å². The van der Waals surface area contributed by atoms with E-state index >= 15 is 0 Å². The molecule has 1 heterocycles. The number of benzene rings is 2. The number of nitrogens with two attached hydrogens (primary N) is 1. The lowest BCUT2D eigenvalue weighted by atomic mass is 9.98. The van der Waals surface area contributed by atoms with E-state index in [1.807, 2.05) is 0 Å². The Morgan fingerprint density at radius 3 is 2.42 bits per heavy atom. The van der Waals surface area contributed by atoms with E-state index in [0.29, 0.717) is 10.0 Å². The summed E-state index contributed by atoms with van der Waals surface area (Å²) in [6, 6.07) is 11.9. The van der Waals surface area contributed by atoms with Gasteiger partial charge in [-0.2, -0.15) is 0 Å². The van der Waals surface area contributed by atoms with Crippen molar-refractivity contribution in [3.63, 3.8) is 0 Å². The van der Waals surface area contributed by atoms with Gasteiger partial charge in [-0.05, 0) is 45.2 Å². The monoisotopic (exact) mass is 549 g/mol. The van der Waals surface area contributed by atoms with Crippen molar-refractivity contribution in [2.45, 2.75) is 62.8 Å². The number of carbonyl (C=O) groups is 1. The van der Waals surface area contributed by atoms with E-state index in [1.165, 1.54) is 17.0 Å². The van der Waals surface area contributed by atoms with Crippen molar-refractivity contribution >= 4 is 27.6 Å². The summed E-state index contributed by atoms with van der Waals surface area (Å²) in [5.74, 6) is -0.243. The van der Waals surface area contributed by atoms with Crippen LogP contribution in [0.5, 0.6) is 0 Å². The van der Waals surface area contributed by atoms with Crippen LogP contribution in [-0.4, -0.2) is 64.1 Å². The van der Waals surface area contributed by atoms with Crippen LogP contribution in [0.25, 0.3) is 0 Å². The molecule has 1 fully saturated rings. The van der Waals surface area contributed by atoms with Gasteiger partial charge >= 0.3 is 6.09 Å². The maximum atomic E-state index is 13.8. The molecule has 1 amide bonds. The van der Waals surface area contributed by atoms with E-state index in [0.717, 1.165) is 12.1 Å². The lowest BCUT2D eigenvalue weighted by molar-refractivity contribution is -0.388. The third-order valence-corrected chi connectivity index (χ3v) is 7.50. The van der Waals surface area contributed by atoms with Crippen molar-refractivity contribution in [1.29, 1.82) is 0 Å². The number of oxime groups is 1. The molecule has 1 aliphatic rings. The molecule has 13 nitrogen and oxygen atoms in total. The van der Waals surface area contributed by atoms with Crippen LogP contribution in [0.1, 0.15) is 39.2 Å². The van der Waals surface area contributed by atoms with Crippen molar-refractivity contribution < 1.29 is 32.9 Å². The molecule has 206 valence electrons. The zero-order valence-corrected chi connectivity index (χ0v) is 22.1. The molecule has 0 bridgehead atoms. The highest BCUT2D eigenvalue weighted by Gasteiger charge is 2.44. The lowest BCUT2D eigenvalue weighted by Gasteiger charge is -2.42. The van der Waals surface area contributed by atoms with Crippen molar-refractivity contribution in [3.05, 3.63) is 70.3 Å². The average molecular weight is 550 g/mol. The number of likely N-dealkylation sites (tertiary alicyclic amines) is 1. The van der Waals surface area contributed by atoms with Crippen molar-refractivity contribution in [1.82, 2.24) is 9.37 Å². The zero-order valence-electron chi connectivity index (χ0n) is 21.3. The summed E-state index contributed by atoms with van der Waals surface area (Å²) in [5, 5.41) is 23.9. The lowest BCUT2D eigenvalue weighted by Crippen LogP contribution is -2.59. The Bertz CT molecular complexity index is 1280. The SMILES string of the molecule is CC(C)(C)OC(=O)N1CC(N(OCc2ccccc2)S(=O)(=O)c2ccccc2[N+](=O)[O-])CCC1C(N)=NO. The molecule has 3 N–H and O–H groups in total. The van der Waals surface area contributed by atoms with Gasteiger partial charge in [0.25, 0.3) is 15.7 Å². The second-order valence-electron chi connectivity index (χ2n) is 9.65. The Morgan fingerprint density at radius 2 is 1.82 bits per heavy atom. The normalized spacial score (nSPS) is 18.8. The fourth-order valence-electron chi connectivity index (χ4n) is 4.03. The van der Waals surface area contributed by atoms with Gasteiger partial charge in [-0.25, -0.2) is 13.2 Å². The fourth-order valence-corrected chi connectivity index (χ4v) is 5.63. The van der Waals surface area contributed by atoms with Crippen LogP contribution < -0.4 is 5.73 Å². The Kier molecular flexibility index (Phi) is 8.91. The molecule has 2 aromatic rings. The Labute approximate surface area is 220 Å². The largest absolute Gasteiger partial charge is 0.444 e. The fraction of sp³-hybridized carbons (Fsp3) is 0.417. The molecule has 0 radical (unpaired) electrons. The van der Waals surface area contributed by atoms with Gasteiger partial charge in [0, 0.05) is 12.6 Å². The molecule has 2 unspecified atom stereocenters. The first-order chi connectivity index (χ1) is 17.8. The quantitative estimate of drug-likeness (QED) is 0.164.